The molecular formula is C16H15BrCl2FN. The van der Waals surface area contributed by atoms with Gasteiger partial charge < -0.3 is 5.32 Å². The third kappa shape index (κ3) is 4.43. The second kappa shape index (κ2) is 7.59. The number of hydrogen-bond acceptors (Lipinski definition) is 1. The van der Waals surface area contributed by atoms with Crippen LogP contribution < -0.4 is 5.32 Å². The van der Waals surface area contributed by atoms with E-state index >= 15 is 0 Å². The Hall–Kier alpha value is -0.610. The second-order valence-corrected chi connectivity index (χ2v) is 6.44. The third-order valence-electron chi connectivity index (χ3n) is 3.23. The van der Waals surface area contributed by atoms with Crippen LogP contribution in [0.3, 0.4) is 0 Å². The lowest BCUT2D eigenvalue weighted by atomic mass is 9.98. The summed E-state index contributed by atoms with van der Waals surface area (Å²) < 4.78 is 14.9. The number of halogens is 4. The normalized spacial score (nSPS) is 12.4. The first-order chi connectivity index (χ1) is 10.0. The summed E-state index contributed by atoms with van der Waals surface area (Å²) in [6.07, 6.45) is 0.539. The zero-order valence-corrected chi connectivity index (χ0v) is 14.6. The highest BCUT2D eigenvalue weighted by atomic mass is 79.9. The van der Waals surface area contributed by atoms with Crippen LogP contribution in [0.15, 0.2) is 40.9 Å². The Balaban J connectivity index is 2.30. The van der Waals surface area contributed by atoms with Gasteiger partial charge in [-0.05, 0) is 48.4 Å². The molecule has 0 amide bonds. The van der Waals surface area contributed by atoms with Crippen molar-refractivity contribution in [2.75, 3.05) is 6.54 Å². The molecule has 0 saturated heterocycles. The van der Waals surface area contributed by atoms with Crippen molar-refractivity contribution >= 4 is 39.1 Å². The Morgan fingerprint density at radius 1 is 1.14 bits per heavy atom. The highest BCUT2D eigenvalue weighted by Gasteiger charge is 2.16. The molecule has 0 aliphatic heterocycles. The van der Waals surface area contributed by atoms with Crippen LogP contribution in [0.25, 0.3) is 0 Å². The number of likely N-dealkylation sites (N-methyl/N-ethyl adjacent to an activating group) is 1. The largest absolute Gasteiger partial charge is 0.310 e. The van der Waals surface area contributed by atoms with E-state index in [0.29, 0.717) is 22.0 Å². The molecule has 1 N–H and O–H groups in total. The van der Waals surface area contributed by atoms with Crippen LogP contribution >= 0.6 is 39.1 Å². The monoisotopic (exact) mass is 389 g/mol. The predicted molar refractivity (Wildman–Crippen MR) is 90.7 cm³/mol. The lowest BCUT2D eigenvalue weighted by Crippen LogP contribution is -2.23. The summed E-state index contributed by atoms with van der Waals surface area (Å²) >= 11 is 15.3. The molecule has 0 aromatic heterocycles. The molecule has 0 saturated carbocycles. The van der Waals surface area contributed by atoms with Gasteiger partial charge in [-0.3, -0.25) is 0 Å². The van der Waals surface area contributed by atoms with Crippen LogP contribution in [-0.4, -0.2) is 6.54 Å². The van der Waals surface area contributed by atoms with Gasteiger partial charge in [-0.2, -0.15) is 0 Å². The van der Waals surface area contributed by atoms with Crippen LogP contribution in [-0.2, 0) is 6.42 Å². The summed E-state index contributed by atoms with van der Waals surface area (Å²) in [7, 11) is 0. The predicted octanol–water partition coefficient (Wildman–Crippen LogP) is 5.79. The zero-order chi connectivity index (χ0) is 15.4. The lowest BCUT2D eigenvalue weighted by Gasteiger charge is -2.20. The number of hydrogen-bond donors (Lipinski definition) is 1. The van der Waals surface area contributed by atoms with Crippen LogP contribution in [0.1, 0.15) is 24.1 Å². The maximum Gasteiger partial charge on any atom is 0.127 e. The van der Waals surface area contributed by atoms with Crippen molar-refractivity contribution in [3.63, 3.8) is 0 Å². The van der Waals surface area contributed by atoms with Gasteiger partial charge in [-0.1, -0.05) is 58.2 Å². The van der Waals surface area contributed by atoms with Crippen LogP contribution in [0, 0.1) is 5.82 Å². The Bertz CT molecular complexity index is 634. The van der Waals surface area contributed by atoms with Gasteiger partial charge >= 0.3 is 0 Å². The van der Waals surface area contributed by atoms with Gasteiger partial charge in [0.1, 0.15) is 5.82 Å². The summed E-state index contributed by atoms with van der Waals surface area (Å²) in [6, 6.07) is 10.4. The van der Waals surface area contributed by atoms with E-state index in [1.807, 2.05) is 25.1 Å². The first-order valence-corrected chi connectivity index (χ1v) is 8.18. The fourth-order valence-corrected chi connectivity index (χ4v) is 3.35. The van der Waals surface area contributed by atoms with Gasteiger partial charge in [0, 0.05) is 20.6 Å². The number of benzene rings is 2. The standard InChI is InChI=1S/C16H15BrCl2FN/c1-2-21-16(13-6-5-11(18)8-14(13)17)7-10-3-4-12(19)9-15(10)20/h3-6,8-9,16,21H,2,7H2,1H3. The quantitative estimate of drug-likeness (QED) is 0.681. The second-order valence-electron chi connectivity index (χ2n) is 4.72. The van der Waals surface area contributed by atoms with Gasteiger partial charge in [-0.25, -0.2) is 4.39 Å². The summed E-state index contributed by atoms with van der Waals surface area (Å²) in [5.41, 5.74) is 1.68. The zero-order valence-electron chi connectivity index (χ0n) is 11.5. The Labute approximate surface area is 142 Å². The first-order valence-electron chi connectivity index (χ1n) is 6.63. The molecule has 1 atom stereocenters. The molecule has 0 spiro atoms. The smallest absolute Gasteiger partial charge is 0.127 e. The van der Waals surface area contributed by atoms with Crippen molar-refractivity contribution in [1.29, 1.82) is 0 Å². The molecule has 0 bridgehead atoms. The van der Waals surface area contributed by atoms with Crippen molar-refractivity contribution in [2.45, 2.75) is 19.4 Å². The molecular weight excluding hydrogens is 376 g/mol. The molecule has 0 aliphatic rings. The Kier molecular flexibility index (Phi) is 6.06. The minimum atomic E-state index is -0.282. The van der Waals surface area contributed by atoms with Gasteiger partial charge in [0.25, 0.3) is 0 Å². The molecule has 112 valence electrons. The first kappa shape index (κ1) is 16.8. The van der Waals surface area contributed by atoms with E-state index in [4.69, 9.17) is 23.2 Å². The van der Waals surface area contributed by atoms with E-state index in [-0.39, 0.29) is 11.9 Å². The van der Waals surface area contributed by atoms with Gasteiger partial charge in [-0.15, -0.1) is 0 Å². The summed E-state index contributed by atoms with van der Waals surface area (Å²) in [5.74, 6) is -0.282. The van der Waals surface area contributed by atoms with E-state index in [9.17, 15) is 4.39 Å². The van der Waals surface area contributed by atoms with Gasteiger partial charge in [0.05, 0.1) is 0 Å². The molecule has 21 heavy (non-hydrogen) atoms. The highest BCUT2D eigenvalue weighted by molar-refractivity contribution is 9.10. The molecule has 0 heterocycles. The van der Waals surface area contributed by atoms with Gasteiger partial charge in [0.2, 0.25) is 0 Å². The molecule has 0 radical (unpaired) electrons. The molecule has 0 fully saturated rings. The van der Waals surface area contributed by atoms with Gasteiger partial charge in [0.15, 0.2) is 0 Å². The summed E-state index contributed by atoms with van der Waals surface area (Å²) in [4.78, 5) is 0. The fourth-order valence-electron chi connectivity index (χ4n) is 2.23. The van der Waals surface area contributed by atoms with Crippen LogP contribution in [0.5, 0.6) is 0 Å². The molecule has 5 heteroatoms. The number of rotatable bonds is 5. The lowest BCUT2D eigenvalue weighted by molar-refractivity contribution is 0.526. The fraction of sp³-hybridized carbons (Fsp3) is 0.250. The topological polar surface area (TPSA) is 12.0 Å². The van der Waals surface area contributed by atoms with Crippen LogP contribution in [0.4, 0.5) is 4.39 Å². The van der Waals surface area contributed by atoms with E-state index in [2.05, 4.69) is 21.2 Å². The minimum absolute atomic E-state index is 0.00248. The Morgan fingerprint density at radius 3 is 2.43 bits per heavy atom. The maximum absolute atomic E-state index is 14.0. The third-order valence-corrected chi connectivity index (χ3v) is 4.38. The van der Waals surface area contributed by atoms with Crippen molar-refractivity contribution in [3.05, 3.63) is 67.9 Å². The van der Waals surface area contributed by atoms with E-state index < -0.39 is 0 Å². The maximum atomic E-state index is 14.0. The van der Waals surface area contributed by atoms with E-state index in [1.54, 1.807) is 12.1 Å². The van der Waals surface area contributed by atoms with Crippen molar-refractivity contribution in [1.82, 2.24) is 5.32 Å². The molecule has 2 aromatic carbocycles. The van der Waals surface area contributed by atoms with Crippen molar-refractivity contribution in [2.24, 2.45) is 0 Å². The SMILES string of the molecule is CCNC(Cc1ccc(Cl)cc1F)c1ccc(Cl)cc1Br. The van der Waals surface area contributed by atoms with Crippen molar-refractivity contribution in [3.8, 4) is 0 Å². The highest BCUT2D eigenvalue weighted by Crippen LogP contribution is 2.29. The number of nitrogens with one attached hydrogen (secondary N) is 1. The minimum Gasteiger partial charge on any atom is -0.310 e. The molecule has 0 aliphatic carbocycles. The molecule has 2 aromatic rings. The van der Waals surface area contributed by atoms with Crippen LogP contribution in [0.2, 0.25) is 10.0 Å². The average molecular weight is 391 g/mol. The average Bonchev–Trinajstić information content (AvgIpc) is 2.41. The van der Waals surface area contributed by atoms with E-state index in [1.165, 1.54) is 6.07 Å². The molecule has 1 nitrogen and oxygen atoms in total. The van der Waals surface area contributed by atoms with Crippen molar-refractivity contribution < 1.29 is 4.39 Å². The summed E-state index contributed by atoms with van der Waals surface area (Å²) in [5, 5.41) is 4.45. The Morgan fingerprint density at radius 2 is 1.81 bits per heavy atom. The summed E-state index contributed by atoms with van der Waals surface area (Å²) in [6.45, 7) is 2.81. The van der Waals surface area contributed by atoms with E-state index in [0.717, 1.165) is 16.6 Å². The molecule has 2 rings (SSSR count). The molecule has 1 unspecified atom stereocenters.